The van der Waals surface area contributed by atoms with Crippen molar-refractivity contribution in [3.63, 3.8) is 0 Å². The fourth-order valence-electron chi connectivity index (χ4n) is 3.14. The number of aliphatic imine (C=N–C) groups is 1. The van der Waals surface area contributed by atoms with Crippen LogP contribution >= 0.6 is 0 Å². The Morgan fingerprint density at radius 3 is 2.52 bits per heavy atom. The summed E-state index contributed by atoms with van der Waals surface area (Å²) in [4.78, 5) is 26.7. The van der Waals surface area contributed by atoms with Crippen molar-refractivity contribution in [1.29, 1.82) is 0 Å². The van der Waals surface area contributed by atoms with Gasteiger partial charge in [0, 0.05) is 29.7 Å². The van der Waals surface area contributed by atoms with Crippen LogP contribution in [0.2, 0.25) is 0 Å². The maximum absolute atomic E-state index is 13.1. The molecule has 2 heterocycles. The number of rotatable bonds is 4. The molecular formula is C21H22N4O2. The number of amides is 1. The van der Waals surface area contributed by atoms with E-state index in [0.29, 0.717) is 11.5 Å². The van der Waals surface area contributed by atoms with Gasteiger partial charge in [0.2, 0.25) is 11.8 Å². The number of aryl methyl sites for hydroxylation is 1. The number of aromatic nitrogens is 2. The minimum Gasteiger partial charge on any atom is -0.493 e. The van der Waals surface area contributed by atoms with E-state index >= 15 is 0 Å². The maximum atomic E-state index is 13.1. The van der Waals surface area contributed by atoms with Gasteiger partial charge in [-0.25, -0.2) is 15.0 Å². The van der Waals surface area contributed by atoms with E-state index in [9.17, 15) is 9.90 Å². The van der Waals surface area contributed by atoms with Crippen LogP contribution in [-0.2, 0) is 10.2 Å². The second kappa shape index (κ2) is 6.79. The SMILES string of the molecule is C=N/C(O)=C\C=C(/C)N1C(=O)C(C)(C)c2ccc(-c3cnc(C)nc3)cc21. The first-order chi connectivity index (χ1) is 12.8. The molecule has 27 heavy (non-hydrogen) atoms. The highest BCUT2D eigenvalue weighted by atomic mass is 16.3. The third-order valence-electron chi connectivity index (χ3n) is 4.75. The molecule has 0 bridgehead atoms. The van der Waals surface area contributed by atoms with Crippen molar-refractivity contribution in [2.24, 2.45) is 4.99 Å². The minimum atomic E-state index is -0.644. The van der Waals surface area contributed by atoms with Crippen LogP contribution in [0.1, 0.15) is 32.2 Å². The van der Waals surface area contributed by atoms with E-state index in [1.54, 1.807) is 23.4 Å². The number of carbonyl (C=O) groups is 1. The number of allylic oxidation sites excluding steroid dienone is 3. The molecule has 0 saturated heterocycles. The molecule has 1 amide bonds. The highest BCUT2D eigenvalue weighted by molar-refractivity contribution is 6.10. The first kappa shape index (κ1) is 18.5. The summed E-state index contributed by atoms with van der Waals surface area (Å²) in [5.41, 5.74) is 3.62. The Labute approximate surface area is 158 Å². The van der Waals surface area contributed by atoms with Crippen LogP contribution in [0.3, 0.4) is 0 Å². The van der Waals surface area contributed by atoms with Gasteiger partial charge in [0.1, 0.15) is 5.82 Å². The summed E-state index contributed by atoms with van der Waals surface area (Å²) in [6.07, 6.45) is 6.61. The smallest absolute Gasteiger partial charge is 0.241 e. The monoisotopic (exact) mass is 362 g/mol. The predicted molar refractivity (Wildman–Crippen MR) is 107 cm³/mol. The summed E-state index contributed by atoms with van der Waals surface area (Å²) in [6.45, 7) is 10.7. The Kier molecular flexibility index (Phi) is 4.66. The van der Waals surface area contributed by atoms with E-state index in [-0.39, 0.29) is 11.8 Å². The Hall–Kier alpha value is -3.28. The fourth-order valence-corrected chi connectivity index (χ4v) is 3.14. The molecule has 2 aromatic rings. The molecule has 0 unspecified atom stereocenters. The van der Waals surface area contributed by atoms with Crippen LogP contribution in [-0.4, -0.2) is 27.7 Å². The average molecular weight is 362 g/mol. The van der Waals surface area contributed by atoms with Gasteiger partial charge in [0.05, 0.1) is 11.1 Å². The summed E-state index contributed by atoms with van der Waals surface area (Å²) < 4.78 is 0. The molecule has 1 aliphatic heterocycles. The molecule has 0 atom stereocenters. The van der Waals surface area contributed by atoms with Gasteiger partial charge in [-0.1, -0.05) is 12.1 Å². The number of anilines is 1. The summed E-state index contributed by atoms with van der Waals surface area (Å²) in [5.74, 6) is 0.480. The molecule has 0 saturated carbocycles. The van der Waals surface area contributed by atoms with Crippen LogP contribution in [0.15, 0.2) is 59.3 Å². The largest absolute Gasteiger partial charge is 0.493 e. The lowest BCUT2D eigenvalue weighted by molar-refractivity contribution is -0.121. The van der Waals surface area contributed by atoms with Gasteiger partial charge in [-0.15, -0.1) is 0 Å². The molecule has 6 nitrogen and oxygen atoms in total. The summed E-state index contributed by atoms with van der Waals surface area (Å²) >= 11 is 0. The fraction of sp³-hybridized carbons (Fsp3) is 0.238. The van der Waals surface area contributed by atoms with E-state index in [1.807, 2.05) is 45.9 Å². The van der Waals surface area contributed by atoms with Crippen molar-refractivity contribution < 1.29 is 9.90 Å². The highest BCUT2D eigenvalue weighted by Crippen LogP contribution is 2.44. The minimum absolute atomic E-state index is 0.0250. The van der Waals surface area contributed by atoms with Crippen LogP contribution < -0.4 is 4.90 Å². The topological polar surface area (TPSA) is 78.7 Å². The normalized spacial score (nSPS) is 16.4. The molecule has 0 aliphatic carbocycles. The van der Waals surface area contributed by atoms with Crippen molar-refractivity contribution in [3.05, 3.63) is 65.7 Å². The molecule has 1 N–H and O–H groups in total. The number of fused-ring (bicyclic) bond motifs is 1. The Morgan fingerprint density at radius 2 is 1.89 bits per heavy atom. The van der Waals surface area contributed by atoms with E-state index < -0.39 is 5.41 Å². The molecule has 0 spiro atoms. The second-order valence-corrected chi connectivity index (χ2v) is 7.01. The molecule has 1 aromatic heterocycles. The van der Waals surface area contributed by atoms with Gasteiger partial charge in [-0.05, 0) is 57.7 Å². The van der Waals surface area contributed by atoms with Crippen LogP contribution in [0, 0.1) is 6.92 Å². The Morgan fingerprint density at radius 1 is 1.22 bits per heavy atom. The number of hydrogen-bond acceptors (Lipinski definition) is 5. The molecule has 0 radical (unpaired) electrons. The standard InChI is InChI=1S/C21H22N4O2/c1-13(6-9-19(26)22-5)25-18-10-15(16-11-23-14(2)24-12-16)7-8-17(18)21(3,4)20(25)27/h6-12,26H,5H2,1-4H3/b13-6+,19-9+. The van der Waals surface area contributed by atoms with Gasteiger partial charge in [-0.2, -0.15) is 0 Å². The van der Waals surface area contributed by atoms with Crippen molar-refractivity contribution in [3.8, 4) is 11.1 Å². The highest BCUT2D eigenvalue weighted by Gasteiger charge is 2.44. The van der Waals surface area contributed by atoms with Gasteiger partial charge in [-0.3, -0.25) is 9.69 Å². The number of nitrogens with zero attached hydrogens (tertiary/aromatic N) is 4. The molecular weight excluding hydrogens is 340 g/mol. The van der Waals surface area contributed by atoms with Crippen LogP contribution in [0.5, 0.6) is 0 Å². The molecule has 3 rings (SSSR count). The summed E-state index contributed by atoms with van der Waals surface area (Å²) in [7, 11) is 0. The third kappa shape index (κ3) is 3.26. The number of carbonyl (C=O) groups excluding carboxylic acids is 1. The lowest BCUT2D eigenvalue weighted by Gasteiger charge is -2.21. The van der Waals surface area contributed by atoms with Crippen LogP contribution in [0.4, 0.5) is 5.69 Å². The Bertz CT molecular complexity index is 972. The molecule has 138 valence electrons. The van der Waals surface area contributed by atoms with E-state index in [0.717, 1.165) is 22.4 Å². The van der Waals surface area contributed by atoms with Gasteiger partial charge < -0.3 is 5.11 Å². The van der Waals surface area contributed by atoms with Gasteiger partial charge >= 0.3 is 0 Å². The van der Waals surface area contributed by atoms with Gasteiger partial charge in [0.25, 0.3) is 0 Å². The first-order valence-electron chi connectivity index (χ1n) is 8.58. The number of aliphatic hydroxyl groups is 1. The van der Waals surface area contributed by atoms with Gasteiger partial charge in [0.15, 0.2) is 0 Å². The third-order valence-corrected chi connectivity index (χ3v) is 4.75. The lowest BCUT2D eigenvalue weighted by Crippen LogP contribution is -2.35. The van der Waals surface area contributed by atoms with E-state index in [1.165, 1.54) is 6.08 Å². The Balaban J connectivity index is 2.11. The average Bonchev–Trinajstić information content (AvgIpc) is 2.85. The number of aliphatic hydroxyl groups excluding tert-OH is 1. The van der Waals surface area contributed by atoms with Crippen molar-refractivity contribution in [1.82, 2.24) is 9.97 Å². The molecule has 0 fully saturated rings. The van der Waals surface area contributed by atoms with Crippen LogP contribution in [0.25, 0.3) is 11.1 Å². The molecule has 1 aromatic carbocycles. The summed E-state index contributed by atoms with van der Waals surface area (Å²) in [5, 5.41) is 9.50. The first-order valence-corrected chi connectivity index (χ1v) is 8.58. The van der Waals surface area contributed by atoms with Crippen molar-refractivity contribution in [2.45, 2.75) is 33.1 Å². The second-order valence-electron chi connectivity index (χ2n) is 7.01. The number of benzene rings is 1. The zero-order chi connectivity index (χ0) is 19.8. The van der Waals surface area contributed by atoms with E-state index in [2.05, 4.69) is 21.7 Å². The maximum Gasteiger partial charge on any atom is 0.241 e. The predicted octanol–water partition coefficient (Wildman–Crippen LogP) is 4.08. The lowest BCUT2D eigenvalue weighted by atomic mass is 9.85. The molecule has 1 aliphatic rings. The zero-order valence-electron chi connectivity index (χ0n) is 15.9. The zero-order valence-corrected chi connectivity index (χ0v) is 15.9. The van der Waals surface area contributed by atoms with Crippen molar-refractivity contribution in [2.75, 3.05) is 4.90 Å². The van der Waals surface area contributed by atoms with E-state index in [4.69, 9.17) is 0 Å². The van der Waals surface area contributed by atoms with Crippen molar-refractivity contribution >= 4 is 18.3 Å². The summed E-state index contributed by atoms with van der Waals surface area (Å²) in [6, 6.07) is 5.94. The number of hydrogen-bond donors (Lipinski definition) is 1. The quantitative estimate of drug-likeness (QED) is 0.505. The molecule has 6 heteroatoms.